The van der Waals surface area contributed by atoms with Crippen LogP contribution in [0.5, 0.6) is 5.75 Å². The first-order chi connectivity index (χ1) is 12.3. The van der Waals surface area contributed by atoms with E-state index in [1.807, 2.05) is 0 Å². The molecule has 0 saturated carbocycles. The molecule has 1 rings (SSSR count). The van der Waals surface area contributed by atoms with Crippen LogP contribution in [0.4, 0.5) is 0 Å². The molecule has 0 unspecified atom stereocenters. The molecule has 5 nitrogen and oxygen atoms in total. The van der Waals surface area contributed by atoms with Crippen LogP contribution in [0.1, 0.15) is 83.6 Å². The Labute approximate surface area is 186 Å². The van der Waals surface area contributed by atoms with Gasteiger partial charge in [-0.2, -0.15) is 8.42 Å². The average molecular weight is 409 g/mol. The van der Waals surface area contributed by atoms with Crippen molar-refractivity contribution in [1.82, 2.24) is 0 Å². The van der Waals surface area contributed by atoms with Crippen molar-refractivity contribution >= 4 is 45.6 Å². The van der Waals surface area contributed by atoms with Crippen LogP contribution in [0, 0.1) is 0 Å². The normalized spacial score (nSPS) is 11.1. The van der Waals surface area contributed by atoms with E-state index in [1.165, 1.54) is 70.4 Å². The maximum atomic E-state index is 11.5. The van der Waals surface area contributed by atoms with Crippen molar-refractivity contribution in [3.8, 4) is 5.75 Å². The molecule has 0 radical (unpaired) electrons. The molecule has 0 aliphatic carbocycles. The topological polar surface area (TPSA) is 80.7 Å². The number of esters is 1. The Morgan fingerprint density at radius 3 is 1.96 bits per heavy atom. The Hall–Kier alpha value is -0.400. The van der Waals surface area contributed by atoms with Crippen molar-refractivity contribution in [3.05, 3.63) is 23.8 Å². The van der Waals surface area contributed by atoms with Crippen molar-refractivity contribution in [2.75, 3.05) is 0 Å². The quantitative estimate of drug-likeness (QED) is 0.169. The van der Waals surface area contributed by atoms with E-state index in [0.717, 1.165) is 24.8 Å². The molecule has 0 saturated heterocycles. The van der Waals surface area contributed by atoms with Gasteiger partial charge in [0.15, 0.2) is 5.75 Å². The third-order valence-corrected chi connectivity index (χ3v) is 5.23. The number of benzene rings is 1. The fraction of sp³-hybridized carbons (Fsp3) is 0.650. The Kier molecular flexibility index (Phi) is 14.4. The summed E-state index contributed by atoms with van der Waals surface area (Å²) in [5.74, 6) is -0.760. The Morgan fingerprint density at radius 1 is 0.963 bits per heavy atom. The number of ether oxygens (including phenoxy) is 1. The first-order valence-electron chi connectivity index (χ1n) is 9.63. The summed E-state index contributed by atoms with van der Waals surface area (Å²) in [5.41, 5.74) is 0.813. The molecule has 0 bridgehead atoms. The molecule has 0 aromatic heterocycles. The van der Waals surface area contributed by atoms with Gasteiger partial charge in [-0.3, -0.25) is 9.35 Å². The number of unbranched alkanes of at least 4 members (excludes halogenated alkanes) is 9. The third kappa shape index (κ3) is 11.9. The molecule has 0 spiro atoms. The number of carbonyl (C=O) groups is 1. The SMILES string of the molecule is CCCCCCCCCCCCc1ccc(OC(C)=O)c(S(=O)(=O)O)c1.[NaH]. The molecule has 150 valence electrons. The van der Waals surface area contributed by atoms with Gasteiger partial charge >= 0.3 is 35.5 Å². The zero-order valence-corrected chi connectivity index (χ0v) is 16.8. The predicted octanol–water partition coefficient (Wildman–Crippen LogP) is 4.67. The van der Waals surface area contributed by atoms with Crippen LogP contribution in [0.3, 0.4) is 0 Å². The summed E-state index contributed by atoms with van der Waals surface area (Å²) >= 11 is 0. The molecule has 1 aromatic rings. The van der Waals surface area contributed by atoms with Crippen LogP contribution in [0.2, 0.25) is 0 Å². The standard InChI is InChI=1S/C20H32O5S.Na.H/c1-3-4-5-6-7-8-9-10-11-12-13-18-14-15-19(25-17(2)21)20(16-18)26(22,23)24;;/h14-16H,3-13H2,1-2H3,(H,22,23,24);;. The van der Waals surface area contributed by atoms with E-state index in [0.29, 0.717) is 0 Å². The monoisotopic (exact) mass is 408 g/mol. The predicted molar refractivity (Wildman–Crippen MR) is 110 cm³/mol. The molecular formula is C20H33NaO5S. The van der Waals surface area contributed by atoms with Gasteiger partial charge in [0, 0.05) is 6.92 Å². The van der Waals surface area contributed by atoms with E-state index >= 15 is 0 Å². The van der Waals surface area contributed by atoms with E-state index in [-0.39, 0.29) is 40.2 Å². The first kappa shape index (κ1) is 26.6. The van der Waals surface area contributed by atoms with Gasteiger partial charge in [-0.15, -0.1) is 0 Å². The number of aryl methyl sites for hydroxylation is 1. The summed E-state index contributed by atoms with van der Waals surface area (Å²) in [6.45, 7) is 3.41. The average Bonchev–Trinajstić information content (AvgIpc) is 2.56. The molecule has 1 N–H and O–H groups in total. The summed E-state index contributed by atoms with van der Waals surface area (Å²) in [6, 6.07) is 4.55. The fourth-order valence-electron chi connectivity index (χ4n) is 2.97. The van der Waals surface area contributed by atoms with E-state index in [2.05, 4.69) is 6.92 Å². The summed E-state index contributed by atoms with van der Waals surface area (Å²) in [5, 5.41) is 0. The fourth-order valence-corrected chi connectivity index (χ4v) is 3.63. The summed E-state index contributed by atoms with van der Waals surface area (Å²) in [6.07, 6.45) is 13.1. The van der Waals surface area contributed by atoms with E-state index in [4.69, 9.17) is 4.74 Å². The summed E-state index contributed by atoms with van der Waals surface area (Å²) in [7, 11) is -4.43. The molecule has 0 fully saturated rings. The molecule has 27 heavy (non-hydrogen) atoms. The van der Waals surface area contributed by atoms with Gasteiger partial charge in [0.05, 0.1) is 0 Å². The van der Waals surface area contributed by atoms with Gasteiger partial charge in [-0.1, -0.05) is 70.8 Å². The van der Waals surface area contributed by atoms with Gasteiger partial charge in [-0.05, 0) is 30.5 Å². The van der Waals surface area contributed by atoms with Gasteiger partial charge in [0.25, 0.3) is 10.1 Å². The Balaban J connectivity index is 0.00000676. The second-order valence-electron chi connectivity index (χ2n) is 6.78. The van der Waals surface area contributed by atoms with Gasteiger partial charge in [0.2, 0.25) is 0 Å². The number of hydrogen-bond acceptors (Lipinski definition) is 4. The molecule has 0 atom stereocenters. The van der Waals surface area contributed by atoms with Crippen LogP contribution in [0.25, 0.3) is 0 Å². The molecule has 0 amide bonds. The Morgan fingerprint density at radius 2 is 1.48 bits per heavy atom. The van der Waals surface area contributed by atoms with Gasteiger partial charge < -0.3 is 4.74 Å². The second kappa shape index (κ2) is 14.6. The minimum absolute atomic E-state index is 0. The molecular weight excluding hydrogens is 375 g/mol. The van der Waals surface area contributed by atoms with Crippen LogP contribution < -0.4 is 4.74 Å². The number of hydrogen-bond donors (Lipinski definition) is 1. The summed E-state index contributed by atoms with van der Waals surface area (Å²) < 4.78 is 37.2. The maximum absolute atomic E-state index is 11.5. The molecule has 7 heteroatoms. The van der Waals surface area contributed by atoms with Crippen molar-refractivity contribution in [3.63, 3.8) is 0 Å². The molecule has 1 aromatic carbocycles. The van der Waals surface area contributed by atoms with Crippen LogP contribution in [0.15, 0.2) is 23.1 Å². The van der Waals surface area contributed by atoms with Gasteiger partial charge in [0.1, 0.15) is 4.90 Å². The van der Waals surface area contributed by atoms with Crippen LogP contribution >= 0.6 is 0 Å². The van der Waals surface area contributed by atoms with Crippen molar-refractivity contribution in [2.45, 2.75) is 89.4 Å². The molecule has 0 aliphatic rings. The minimum atomic E-state index is -4.43. The van der Waals surface area contributed by atoms with E-state index in [9.17, 15) is 17.8 Å². The first-order valence-corrected chi connectivity index (χ1v) is 11.1. The zero-order chi connectivity index (χ0) is 19.4. The number of carbonyl (C=O) groups excluding carboxylic acids is 1. The molecule has 0 aliphatic heterocycles. The molecule has 0 heterocycles. The zero-order valence-electron chi connectivity index (χ0n) is 16.0. The van der Waals surface area contributed by atoms with Crippen molar-refractivity contribution in [2.24, 2.45) is 0 Å². The van der Waals surface area contributed by atoms with Gasteiger partial charge in [-0.25, -0.2) is 0 Å². The van der Waals surface area contributed by atoms with E-state index < -0.39 is 16.1 Å². The summed E-state index contributed by atoms with van der Waals surface area (Å²) in [4.78, 5) is 10.7. The second-order valence-corrected chi connectivity index (χ2v) is 8.17. The Bertz CT molecular complexity index is 658. The third-order valence-electron chi connectivity index (χ3n) is 4.36. The van der Waals surface area contributed by atoms with E-state index in [1.54, 1.807) is 6.07 Å². The van der Waals surface area contributed by atoms with Crippen molar-refractivity contribution in [1.29, 1.82) is 0 Å². The number of rotatable bonds is 13. The van der Waals surface area contributed by atoms with Crippen molar-refractivity contribution < 1.29 is 22.5 Å². The van der Waals surface area contributed by atoms with Crippen LogP contribution in [-0.4, -0.2) is 48.5 Å². The van der Waals surface area contributed by atoms with Crippen LogP contribution in [-0.2, 0) is 21.3 Å².